The van der Waals surface area contributed by atoms with Crippen molar-refractivity contribution in [3.8, 4) is 10.6 Å². The summed E-state index contributed by atoms with van der Waals surface area (Å²) in [5.41, 5.74) is 2.31. The molecule has 0 saturated heterocycles. The maximum atomic E-state index is 12.4. The highest BCUT2D eigenvalue weighted by atomic mass is 32.2. The molecule has 160 valence electrons. The van der Waals surface area contributed by atoms with Gasteiger partial charge in [-0.2, -0.15) is 0 Å². The molecule has 0 fully saturated rings. The van der Waals surface area contributed by atoms with Crippen LogP contribution in [0.4, 0.5) is 5.13 Å². The van der Waals surface area contributed by atoms with E-state index in [1.165, 1.54) is 28.7 Å². The van der Waals surface area contributed by atoms with Crippen molar-refractivity contribution in [3.63, 3.8) is 0 Å². The summed E-state index contributed by atoms with van der Waals surface area (Å²) in [4.78, 5) is 12.4. The fourth-order valence-electron chi connectivity index (χ4n) is 2.90. The molecule has 10 heteroatoms. The number of aryl methyl sites for hydroxylation is 1. The first-order chi connectivity index (χ1) is 14.6. The van der Waals surface area contributed by atoms with Crippen LogP contribution in [0.5, 0.6) is 0 Å². The van der Waals surface area contributed by atoms with Crippen LogP contribution in [-0.4, -0.2) is 50.3 Å². The molecule has 8 nitrogen and oxygen atoms in total. The second kappa shape index (κ2) is 11.2. The molecule has 0 aliphatic rings. The van der Waals surface area contributed by atoms with E-state index >= 15 is 0 Å². The number of hydrogen-bond acceptors (Lipinski definition) is 8. The van der Waals surface area contributed by atoms with Crippen LogP contribution in [0.2, 0.25) is 0 Å². The van der Waals surface area contributed by atoms with Gasteiger partial charge in [0, 0.05) is 25.6 Å². The molecule has 0 atom stereocenters. The van der Waals surface area contributed by atoms with Crippen LogP contribution in [-0.2, 0) is 28.9 Å². The van der Waals surface area contributed by atoms with Gasteiger partial charge in [-0.25, -0.2) is 0 Å². The highest BCUT2D eigenvalue weighted by Crippen LogP contribution is 2.27. The average Bonchev–Trinajstić information content (AvgIpc) is 3.38. The minimum absolute atomic E-state index is 0.148. The van der Waals surface area contributed by atoms with Crippen molar-refractivity contribution in [1.29, 1.82) is 0 Å². The molecule has 0 aliphatic carbocycles. The van der Waals surface area contributed by atoms with Crippen molar-refractivity contribution in [2.75, 3.05) is 24.8 Å². The van der Waals surface area contributed by atoms with Gasteiger partial charge >= 0.3 is 0 Å². The predicted molar refractivity (Wildman–Crippen MR) is 120 cm³/mol. The number of benzene rings is 1. The number of thioether (sulfide) groups is 1. The molecule has 0 spiro atoms. The molecule has 0 unspecified atom stereocenters. The molecule has 0 saturated carbocycles. The third-order valence-electron chi connectivity index (χ3n) is 4.38. The molecule has 1 aromatic carbocycles. The summed E-state index contributed by atoms with van der Waals surface area (Å²) in [5, 5.41) is 21.5. The monoisotopic (exact) mass is 446 g/mol. The maximum absolute atomic E-state index is 12.4. The van der Waals surface area contributed by atoms with E-state index in [1.54, 1.807) is 7.11 Å². The lowest BCUT2D eigenvalue weighted by atomic mass is 10.1. The summed E-state index contributed by atoms with van der Waals surface area (Å²) in [6.45, 7) is 5.52. The number of carbonyl (C=O) groups excluding carboxylic acids is 1. The van der Waals surface area contributed by atoms with Crippen LogP contribution in [0.1, 0.15) is 31.7 Å². The number of rotatable bonds is 11. The first-order valence-electron chi connectivity index (χ1n) is 9.91. The van der Waals surface area contributed by atoms with Crippen molar-refractivity contribution in [2.24, 2.45) is 0 Å². The zero-order valence-corrected chi connectivity index (χ0v) is 19.1. The Morgan fingerprint density at radius 2 is 1.93 bits per heavy atom. The first-order valence-corrected chi connectivity index (χ1v) is 11.7. The summed E-state index contributed by atoms with van der Waals surface area (Å²) in [6, 6.07) is 8.32. The van der Waals surface area contributed by atoms with E-state index in [0.29, 0.717) is 18.2 Å². The van der Waals surface area contributed by atoms with Gasteiger partial charge in [0.1, 0.15) is 10.8 Å². The number of nitrogens with one attached hydrogen (secondary N) is 1. The third kappa shape index (κ3) is 5.87. The molecule has 2 aromatic heterocycles. The first kappa shape index (κ1) is 22.4. The van der Waals surface area contributed by atoms with E-state index in [1.807, 2.05) is 23.6 Å². The normalized spacial score (nSPS) is 11.0. The van der Waals surface area contributed by atoms with Crippen LogP contribution in [0.3, 0.4) is 0 Å². The topological polar surface area (TPSA) is 94.8 Å². The van der Waals surface area contributed by atoms with E-state index in [9.17, 15) is 4.79 Å². The third-order valence-corrected chi connectivity index (χ3v) is 6.24. The average molecular weight is 447 g/mol. The van der Waals surface area contributed by atoms with Gasteiger partial charge in [0.25, 0.3) is 0 Å². The van der Waals surface area contributed by atoms with Crippen molar-refractivity contribution in [3.05, 3.63) is 35.7 Å². The fraction of sp³-hybridized carbons (Fsp3) is 0.450. The molecule has 2 heterocycles. The van der Waals surface area contributed by atoms with Gasteiger partial charge < -0.3 is 9.30 Å². The Balaban J connectivity index is 1.55. The van der Waals surface area contributed by atoms with Crippen LogP contribution in [0.25, 0.3) is 10.6 Å². The van der Waals surface area contributed by atoms with Crippen molar-refractivity contribution in [2.45, 2.75) is 44.8 Å². The van der Waals surface area contributed by atoms with Crippen molar-refractivity contribution in [1.82, 2.24) is 25.0 Å². The largest absolute Gasteiger partial charge is 0.384 e. The summed E-state index contributed by atoms with van der Waals surface area (Å²) in [6.07, 6.45) is 2.88. The molecule has 1 N–H and O–H groups in total. The van der Waals surface area contributed by atoms with Gasteiger partial charge in [0.2, 0.25) is 11.0 Å². The standard InChI is InChI=1S/C20H26N6O2S2/c1-4-6-14-7-9-15(10-8-14)18-23-24-19(30-18)21-17(27)13-29-20-25-22-16(11-12-28-3)26(20)5-2/h7-10H,4-6,11-13H2,1-3H3,(H,21,24,27). The number of aromatic nitrogens is 5. The van der Waals surface area contributed by atoms with E-state index in [0.717, 1.165) is 40.9 Å². The minimum atomic E-state index is -0.148. The molecular formula is C20H26N6O2S2. The molecule has 0 bridgehead atoms. The van der Waals surface area contributed by atoms with Gasteiger partial charge in [0.15, 0.2) is 5.16 Å². The predicted octanol–water partition coefficient (Wildman–Crippen LogP) is 3.69. The number of ether oxygens (including phenoxy) is 1. The number of carbonyl (C=O) groups is 1. The Morgan fingerprint density at radius 1 is 1.13 bits per heavy atom. The second-order valence-corrected chi connectivity index (χ2v) is 8.50. The van der Waals surface area contributed by atoms with Gasteiger partial charge in [0.05, 0.1) is 12.4 Å². The number of hydrogen-bond donors (Lipinski definition) is 1. The van der Waals surface area contributed by atoms with E-state index < -0.39 is 0 Å². The SMILES string of the molecule is CCCc1ccc(-c2nnc(NC(=O)CSc3nnc(CCOC)n3CC)s2)cc1. The minimum Gasteiger partial charge on any atom is -0.384 e. The second-order valence-electron chi connectivity index (χ2n) is 6.58. The zero-order chi connectivity index (χ0) is 21.3. The van der Waals surface area contributed by atoms with Crippen molar-refractivity contribution < 1.29 is 9.53 Å². The molecular weight excluding hydrogens is 420 g/mol. The zero-order valence-electron chi connectivity index (χ0n) is 17.4. The van der Waals surface area contributed by atoms with E-state index in [2.05, 4.69) is 44.8 Å². The smallest absolute Gasteiger partial charge is 0.236 e. The van der Waals surface area contributed by atoms with E-state index in [-0.39, 0.29) is 11.7 Å². The number of anilines is 1. The molecule has 3 aromatic rings. The van der Waals surface area contributed by atoms with Gasteiger partial charge in [-0.1, -0.05) is 60.7 Å². The molecule has 3 rings (SSSR count). The Bertz CT molecular complexity index is 955. The number of nitrogens with zero attached hydrogens (tertiary/aromatic N) is 5. The Morgan fingerprint density at radius 3 is 2.63 bits per heavy atom. The molecule has 0 radical (unpaired) electrons. The molecule has 0 aliphatic heterocycles. The van der Waals surface area contributed by atoms with Gasteiger partial charge in [-0.05, 0) is 18.9 Å². The van der Waals surface area contributed by atoms with Crippen LogP contribution >= 0.6 is 23.1 Å². The lowest BCUT2D eigenvalue weighted by Crippen LogP contribution is -2.14. The molecule has 30 heavy (non-hydrogen) atoms. The van der Waals surface area contributed by atoms with E-state index in [4.69, 9.17) is 4.74 Å². The van der Waals surface area contributed by atoms with Crippen molar-refractivity contribution >= 4 is 34.1 Å². The highest BCUT2D eigenvalue weighted by Gasteiger charge is 2.14. The van der Waals surface area contributed by atoms with Crippen LogP contribution in [0, 0.1) is 0 Å². The number of amides is 1. The maximum Gasteiger partial charge on any atom is 0.236 e. The van der Waals surface area contributed by atoms with Gasteiger partial charge in [-0.15, -0.1) is 20.4 Å². The quantitative estimate of drug-likeness (QED) is 0.449. The van der Waals surface area contributed by atoms with Crippen LogP contribution < -0.4 is 5.32 Å². The Hall–Kier alpha value is -2.30. The fourth-order valence-corrected chi connectivity index (χ4v) is 4.49. The summed E-state index contributed by atoms with van der Waals surface area (Å²) in [7, 11) is 1.66. The highest BCUT2D eigenvalue weighted by molar-refractivity contribution is 7.99. The molecule has 1 amide bonds. The Kier molecular flexibility index (Phi) is 8.35. The van der Waals surface area contributed by atoms with Crippen LogP contribution in [0.15, 0.2) is 29.4 Å². The lowest BCUT2D eigenvalue weighted by Gasteiger charge is -2.06. The summed E-state index contributed by atoms with van der Waals surface area (Å²) >= 11 is 2.72. The summed E-state index contributed by atoms with van der Waals surface area (Å²) < 4.78 is 7.11. The number of methoxy groups -OCH3 is 1. The Labute approximate surface area is 184 Å². The van der Waals surface area contributed by atoms with Gasteiger partial charge in [-0.3, -0.25) is 10.1 Å². The lowest BCUT2D eigenvalue weighted by molar-refractivity contribution is -0.113. The summed E-state index contributed by atoms with van der Waals surface area (Å²) in [5.74, 6) is 0.939.